The number of hydrogen-bond acceptors (Lipinski definition) is 5. The van der Waals surface area contributed by atoms with Crippen LogP contribution in [0.1, 0.15) is 42.8 Å². The Morgan fingerprint density at radius 2 is 2.37 bits per heavy atom. The second kappa shape index (κ2) is 6.47. The molecule has 6 heteroatoms. The van der Waals surface area contributed by atoms with Crippen LogP contribution in [-0.2, 0) is 17.8 Å². The Labute approximate surface area is 116 Å². The van der Waals surface area contributed by atoms with Crippen LogP contribution in [0.3, 0.4) is 0 Å². The van der Waals surface area contributed by atoms with Gasteiger partial charge in [0.1, 0.15) is 0 Å². The first-order valence-electron chi connectivity index (χ1n) is 6.26. The average molecular weight is 279 g/mol. The Balaban J connectivity index is 1.73. The summed E-state index contributed by atoms with van der Waals surface area (Å²) in [5.74, 6) is 1.45. The lowest BCUT2D eigenvalue weighted by Gasteiger charge is -2.01. The second-order valence-electron chi connectivity index (χ2n) is 4.56. The van der Waals surface area contributed by atoms with Crippen LogP contribution in [-0.4, -0.2) is 16.0 Å². The maximum Gasteiger partial charge on any atom is 0.227 e. The van der Waals surface area contributed by atoms with Gasteiger partial charge in [0.25, 0.3) is 0 Å². The number of carbonyl (C=O) groups excluding carboxylic acids is 1. The predicted octanol–water partition coefficient (Wildman–Crippen LogP) is 2.50. The molecule has 0 aliphatic heterocycles. The fourth-order valence-electron chi connectivity index (χ4n) is 1.51. The van der Waals surface area contributed by atoms with Crippen LogP contribution in [0.5, 0.6) is 0 Å². The van der Waals surface area contributed by atoms with Gasteiger partial charge in [-0.1, -0.05) is 25.1 Å². The summed E-state index contributed by atoms with van der Waals surface area (Å²) < 4.78 is 5.09. The highest BCUT2D eigenvalue weighted by Gasteiger charge is 2.11. The molecule has 0 atom stereocenters. The lowest BCUT2D eigenvalue weighted by atomic mass is 10.2. The highest BCUT2D eigenvalue weighted by Crippen LogP contribution is 2.11. The molecule has 0 spiro atoms. The lowest BCUT2D eigenvalue weighted by molar-refractivity contribution is -0.121. The summed E-state index contributed by atoms with van der Waals surface area (Å²) >= 11 is 1.63. The van der Waals surface area contributed by atoms with E-state index in [1.165, 1.54) is 0 Å². The molecular weight excluding hydrogens is 262 g/mol. The molecule has 0 radical (unpaired) electrons. The summed E-state index contributed by atoms with van der Waals surface area (Å²) in [4.78, 5) is 17.0. The quantitative estimate of drug-likeness (QED) is 0.882. The molecule has 0 aliphatic rings. The molecule has 0 unspecified atom stereocenters. The van der Waals surface area contributed by atoms with E-state index in [0.29, 0.717) is 31.1 Å². The van der Waals surface area contributed by atoms with Gasteiger partial charge >= 0.3 is 0 Å². The molecular formula is C13H17N3O2S. The maximum atomic E-state index is 11.7. The summed E-state index contributed by atoms with van der Waals surface area (Å²) in [5, 5.41) is 8.72. The van der Waals surface area contributed by atoms with Crippen LogP contribution in [0, 0.1) is 0 Å². The van der Waals surface area contributed by atoms with Crippen molar-refractivity contribution in [2.45, 2.75) is 39.2 Å². The Kier molecular flexibility index (Phi) is 4.68. The summed E-state index contributed by atoms with van der Waals surface area (Å²) in [6.45, 7) is 4.59. The lowest BCUT2D eigenvalue weighted by Crippen LogP contribution is -2.22. The number of rotatable bonds is 6. The molecule has 0 saturated heterocycles. The molecule has 2 heterocycles. The predicted molar refractivity (Wildman–Crippen MR) is 72.9 cm³/mol. The van der Waals surface area contributed by atoms with E-state index in [0.717, 1.165) is 4.88 Å². The second-order valence-corrected chi connectivity index (χ2v) is 5.59. The summed E-state index contributed by atoms with van der Waals surface area (Å²) in [5.41, 5.74) is 0. The van der Waals surface area contributed by atoms with Crippen LogP contribution in [0.15, 0.2) is 22.0 Å². The first-order chi connectivity index (χ1) is 9.15. The zero-order chi connectivity index (χ0) is 13.7. The van der Waals surface area contributed by atoms with Crippen molar-refractivity contribution in [2.75, 3.05) is 0 Å². The highest BCUT2D eigenvalue weighted by molar-refractivity contribution is 7.09. The monoisotopic (exact) mass is 279 g/mol. The Hall–Kier alpha value is -1.69. The third kappa shape index (κ3) is 4.17. The van der Waals surface area contributed by atoms with E-state index >= 15 is 0 Å². The molecule has 2 aromatic heterocycles. The maximum absolute atomic E-state index is 11.7. The molecule has 0 saturated carbocycles. The van der Waals surface area contributed by atoms with Gasteiger partial charge in [-0.3, -0.25) is 4.79 Å². The molecule has 1 N–H and O–H groups in total. The topological polar surface area (TPSA) is 68.0 Å². The van der Waals surface area contributed by atoms with Crippen molar-refractivity contribution in [3.63, 3.8) is 0 Å². The van der Waals surface area contributed by atoms with Crippen molar-refractivity contribution in [3.8, 4) is 0 Å². The van der Waals surface area contributed by atoms with E-state index in [-0.39, 0.29) is 11.8 Å². The molecule has 19 heavy (non-hydrogen) atoms. The Bertz CT molecular complexity index is 520. The van der Waals surface area contributed by atoms with Crippen molar-refractivity contribution in [1.29, 1.82) is 0 Å². The molecule has 0 aliphatic carbocycles. The number of thiophene rings is 1. The Morgan fingerprint density at radius 1 is 1.53 bits per heavy atom. The minimum atomic E-state index is -0.00213. The normalized spacial score (nSPS) is 10.9. The molecule has 0 fully saturated rings. The molecule has 2 rings (SSSR count). The fraction of sp³-hybridized carbons (Fsp3) is 0.462. The van der Waals surface area contributed by atoms with E-state index in [4.69, 9.17) is 4.52 Å². The molecule has 0 bridgehead atoms. The van der Waals surface area contributed by atoms with Gasteiger partial charge in [0.15, 0.2) is 5.82 Å². The standard InChI is InChI=1S/C13H17N3O2S/c1-9(2)13-15-12(18-16-13)6-5-11(17)14-8-10-4-3-7-19-10/h3-4,7,9H,5-6,8H2,1-2H3,(H,14,17). The minimum absolute atomic E-state index is 0.00213. The number of aromatic nitrogens is 2. The summed E-state index contributed by atoms with van der Waals surface area (Å²) in [6, 6.07) is 3.97. The van der Waals surface area contributed by atoms with E-state index in [9.17, 15) is 4.79 Å². The van der Waals surface area contributed by atoms with Gasteiger partial charge < -0.3 is 9.84 Å². The van der Waals surface area contributed by atoms with E-state index in [1.807, 2.05) is 31.4 Å². The number of hydrogen-bond donors (Lipinski definition) is 1. The summed E-state index contributed by atoms with van der Waals surface area (Å²) in [7, 11) is 0. The van der Waals surface area contributed by atoms with Gasteiger partial charge in [0.05, 0.1) is 6.54 Å². The molecule has 0 aromatic carbocycles. The van der Waals surface area contributed by atoms with Crippen LogP contribution in [0.25, 0.3) is 0 Å². The van der Waals surface area contributed by atoms with E-state index < -0.39 is 0 Å². The van der Waals surface area contributed by atoms with Crippen LogP contribution >= 0.6 is 11.3 Å². The highest BCUT2D eigenvalue weighted by atomic mass is 32.1. The number of nitrogens with zero attached hydrogens (tertiary/aromatic N) is 2. The zero-order valence-corrected chi connectivity index (χ0v) is 11.9. The van der Waals surface area contributed by atoms with Crippen molar-refractivity contribution in [3.05, 3.63) is 34.1 Å². The largest absolute Gasteiger partial charge is 0.351 e. The number of aryl methyl sites for hydroxylation is 1. The van der Waals surface area contributed by atoms with E-state index in [2.05, 4.69) is 15.5 Å². The fourth-order valence-corrected chi connectivity index (χ4v) is 2.16. The van der Waals surface area contributed by atoms with Gasteiger partial charge in [-0.15, -0.1) is 11.3 Å². The van der Waals surface area contributed by atoms with Gasteiger partial charge in [-0.05, 0) is 11.4 Å². The third-order valence-electron chi connectivity index (χ3n) is 2.61. The van der Waals surface area contributed by atoms with Crippen molar-refractivity contribution in [1.82, 2.24) is 15.5 Å². The summed E-state index contributed by atoms with van der Waals surface area (Å²) in [6.07, 6.45) is 0.848. The number of carbonyl (C=O) groups is 1. The van der Waals surface area contributed by atoms with E-state index in [1.54, 1.807) is 11.3 Å². The minimum Gasteiger partial charge on any atom is -0.351 e. The van der Waals surface area contributed by atoms with Crippen molar-refractivity contribution < 1.29 is 9.32 Å². The molecule has 1 amide bonds. The van der Waals surface area contributed by atoms with Gasteiger partial charge in [0.2, 0.25) is 11.8 Å². The number of amides is 1. The van der Waals surface area contributed by atoms with Crippen LogP contribution < -0.4 is 5.32 Å². The molecule has 102 valence electrons. The zero-order valence-electron chi connectivity index (χ0n) is 11.0. The van der Waals surface area contributed by atoms with Gasteiger partial charge in [0, 0.05) is 23.6 Å². The average Bonchev–Trinajstić information content (AvgIpc) is 3.05. The SMILES string of the molecule is CC(C)c1noc(CCC(=O)NCc2cccs2)n1. The first kappa shape index (κ1) is 13.7. The van der Waals surface area contributed by atoms with Crippen LogP contribution in [0.2, 0.25) is 0 Å². The molecule has 5 nitrogen and oxygen atoms in total. The van der Waals surface area contributed by atoms with Gasteiger partial charge in [-0.2, -0.15) is 4.98 Å². The van der Waals surface area contributed by atoms with Crippen LogP contribution in [0.4, 0.5) is 0 Å². The Morgan fingerprint density at radius 3 is 3.00 bits per heavy atom. The molecule has 2 aromatic rings. The first-order valence-corrected chi connectivity index (χ1v) is 7.14. The van der Waals surface area contributed by atoms with Crippen molar-refractivity contribution >= 4 is 17.2 Å². The smallest absolute Gasteiger partial charge is 0.227 e. The number of nitrogens with one attached hydrogen (secondary N) is 1. The third-order valence-corrected chi connectivity index (χ3v) is 3.48. The van der Waals surface area contributed by atoms with Crippen molar-refractivity contribution in [2.24, 2.45) is 0 Å². The van der Waals surface area contributed by atoms with Gasteiger partial charge in [-0.25, -0.2) is 0 Å².